The topological polar surface area (TPSA) is 12.9 Å². The number of allylic oxidation sites excluding steroid dienone is 1. The van der Waals surface area contributed by atoms with Crippen molar-refractivity contribution in [2.75, 3.05) is 0 Å². The minimum atomic E-state index is -4.43. The van der Waals surface area contributed by atoms with Crippen LogP contribution < -0.4 is 0 Å². The average Bonchev–Trinajstić information content (AvgIpc) is 2.39. The van der Waals surface area contributed by atoms with E-state index in [-0.39, 0.29) is 0 Å². The standard InChI is InChI=1S/C16H13ClF3N/c1-10(2)7-11-3-5-13(17)8-14(11)12-4-6-15(21-9-12)16(18,19)20/h3-9H,1-2H3. The van der Waals surface area contributed by atoms with Crippen LogP contribution in [-0.2, 0) is 6.18 Å². The smallest absolute Gasteiger partial charge is 0.251 e. The molecule has 1 nitrogen and oxygen atoms in total. The lowest BCUT2D eigenvalue weighted by Crippen LogP contribution is -2.07. The van der Waals surface area contributed by atoms with Gasteiger partial charge in [-0.1, -0.05) is 35.4 Å². The second-order valence-electron chi connectivity index (χ2n) is 4.88. The van der Waals surface area contributed by atoms with Gasteiger partial charge in [0, 0.05) is 16.8 Å². The van der Waals surface area contributed by atoms with E-state index in [0.717, 1.165) is 22.8 Å². The van der Waals surface area contributed by atoms with Gasteiger partial charge in [-0.05, 0) is 43.2 Å². The van der Waals surface area contributed by atoms with E-state index in [1.807, 2.05) is 26.0 Å². The maximum absolute atomic E-state index is 12.5. The van der Waals surface area contributed by atoms with Gasteiger partial charge in [0.15, 0.2) is 0 Å². The number of pyridine rings is 1. The first-order valence-electron chi connectivity index (χ1n) is 6.25. The summed E-state index contributed by atoms with van der Waals surface area (Å²) in [6.07, 6.45) is -1.27. The Labute approximate surface area is 126 Å². The third kappa shape index (κ3) is 3.85. The van der Waals surface area contributed by atoms with E-state index >= 15 is 0 Å². The van der Waals surface area contributed by atoms with Crippen molar-refractivity contribution in [2.45, 2.75) is 20.0 Å². The summed E-state index contributed by atoms with van der Waals surface area (Å²) in [6.45, 7) is 3.90. The van der Waals surface area contributed by atoms with E-state index in [4.69, 9.17) is 11.6 Å². The highest BCUT2D eigenvalue weighted by Gasteiger charge is 2.32. The van der Waals surface area contributed by atoms with Crippen LogP contribution in [0.5, 0.6) is 0 Å². The summed E-state index contributed by atoms with van der Waals surface area (Å²) in [4.78, 5) is 3.49. The van der Waals surface area contributed by atoms with E-state index in [1.54, 1.807) is 12.1 Å². The normalized spacial score (nSPS) is 11.3. The van der Waals surface area contributed by atoms with E-state index in [0.29, 0.717) is 10.6 Å². The minimum Gasteiger partial charge on any atom is -0.251 e. The fourth-order valence-corrected chi connectivity index (χ4v) is 2.11. The molecule has 110 valence electrons. The summed E-state index contributed by atoms with van der Waals surface area (Å²) in [5.74, 6) is 0. The highest BCUT2D eigenvalue weighted by atomic mass is 35.5. The van der Waals surface area contributed by atoms with Gasteiger partial charge in [0.05, 0.1) is 0 Å². The van der Waals surface area contributed by atoms with Gasteiger partial charge in [-0.3, -0.25) is 4.98 Å². The minimum absolute atomic E-state index is 0.524. The van der Waals surface area contributed by atoms with Crippen LogP contribution in [0, 0.1) is 0 Å². The number of aromatic nitrogens is 1. The summed E-state index contributed by atoms with van der Waals surface area (Å²) in [5.41, 5.74) is 2.42. The van der Waals surface area contributed by atoms with Crippen LogP contribution in [0.1, 0.15) is 25.1 Å². The fourth-order valence-electron chi connectivity index (χ4n) is 1.94. The van der Waals surface area contributed by atoms with Crippen molar-refractivity contribution in [2.24, 2.45) is 0 Å². The molecule has 21 heavy (non-hydrogen) atoms. The molecule has 0 fully saturated rings. The molecular weight excluding hydrogens is 299 g/mol. The Morgan fingerprint density at radius 2 is 1.86 bits per heavy atom. The number of halogens is 4. The molecule has 0 spiro atoms. The molecule has 0 bridgehead atoms. The summed E-state index contributed by atoms with van der Waals surface area (Å²) in [7, 11) is 0. The number of hydrogen-bond acceptors (Lipinski definition) is 1. The second kappa shape index (κ2) is 5.90. The highest BCUT2D eigenvalue weighted by Crippen LogP contribution is 2.31. The van der Waals surface area contributed by atoms with Crippen LogP contribution in [0.3, 0.4) is 0 Å². The maximum Gasteiger partial charge on any atom is 0.433 e. The van der Waals surface area contributed by atoms with E-state index in [9.17, 15) is 13.2 Å². The Balaban J connectivity index is 2.51. The molecule has 0 saturated carbocycles. The lowest BCUT2D eigenvalue weighted by atomic mass is 9.99. The number of hydrogen-bond donors (Lipinski definition) is 0. The monoisotopic (exact) mass is 311 g/mol. The molecule has 0 N–H and O–H groups in total. The van der Waals surface area contributed by atoms with Crippen LogP contribution in [0.4, 0.5) is 13.2 Å². The van der Waals surface area contributed by atoms with Crippen molar-refractivity contribution in [3.8, 4) is 11.1 Å². The van der Waals surface area contributed by atoms with Crippen LogP contribution >= 0.6 is 11.6 Å². The van der Waals surface area contributed by atoms with Gasteiger partial charge in [-0.15, -0.1) is 0 Å². The first kappa shape index (κ1) is 15.6. The molecule has 0 aliphatic rings. The molecule has 2 rings (SSSR count). The molecule has 0 radical (unpaired) electrons. The first-order chi connectivity index (χ1) is 9.77. The third-order valence-corrected chi connectivity index (χ3v) is 3.06. The van der Waals surface area contributed by atoms with Crippen molar-refractivity contribution < 1.29 is 13.2 Å². The van der Waals surface area contributed by atoms with Gasteiger partial charge in [0.1, 0.15) is 5.69 Å². The second-order valence-corrected chi connectivity index (χ2v) is 5.32. The predicted molar refractivity (Wildman–Crippen MR) is 79.0 cm³/mol. The quantitative estimate of drug-likeness (QED) is 0.678. The van der Waals surface area contributed by atoms with Gasteiger partial charge >= 0.3 is 6.18 Å². The van der Waals surface area contributed by atoms with Crippen molar-refractivity contribution in [3.63, 3.8) is 0 Å². The molecule has 0 saturated heterocycles. The van der Waals surface area contributed by atoms with Gasteiger partial charge in [0.2, 0.25) is 0 Å². The van der Waals surface area contributed by atoms with Crippen LogP contribution in [0.25, 0.3) is 17.2 Å². The molecule has 1 aromatic carbocycles. The number of nitrogens with zero attached hydrogens (tertiary/aromatic N) is 1. The molecule has 1 heterocycles. The van der Waals surface area contributed by atoms with Gasteiger partial charge in [-0.25, -0.2) is 0 Å². The SMILES string of the molecule is CC(C)=Cc1ccc(Cl)cc1-c1ccc(C(F)(F)F)nc1. The number of rotatable bonds is 2. The molecule has 0 amide bonds. The van der Waals surface area contributed by atoms with Crippen molar-refractivity contribution in [1.82, 2.24) is 4.98 Å². The molecule has 0 unspecified atom stereocenters. The fraction of sp³-hybridized carbons (Fsp3) is 0.188. The van der Waals surface area contributed by atoms with Crippen molar-refractivity contribution >= 4 is 17.7 Å². The Hall–Kier alpha value is -1.81. The zero-order valence-corrected chi connectivity index (χ0v) is 12.3. The average molecular weight is 312 g/mol. The Bertz CT molecular complexity index is 669. The van der Waals surface area contributed by atoms with Gasteiger partial charge in [0.25, 0.3) is 0 Å². The summed E-state index contributed by atoms with van der Waals surface area (Å²) in [6, 6.07) is 7.69. The van der Waals surface area contributed by atoms with Crippen molar-refractivity contribution in [1.29, 1.82) is 0 Å². The van der Waals surface area contributed by atoms with Gasteiger partial charge in [-0.2, -0.15) is 13.2 Å². The summed E-state index contributed by atoms with van der Waals surface area (Å²) in [5, 5.41) is 0.524. The first-order valence-corrected chi connectivity index (χ1v) is 6.63. The number of alkyl halides is 3. The van der Waals surface area contributed by atoms with E-state index in [1.165, 1.54) is 12.3 Å². The number of benzene rings is 1. The summed E-state index contributed by atoms with van der Waals surface area (Å²) >= 11 is 5.99. The molecular formula is C16H13ClF3N. The van der Waals surface area contributed by atoms with E-state index < -0.39 is 11.9 Å². The lowest BCUT2D eigenvalue weighted by molar-refractivity contribution is -0.141. The van der Waals surface area contributed by atoms with Crippen LogP contribution in [0.15, 0.2) is 42.1 Å². The van der Waals surface area contributed by atoms with Crippen LogP contribution in [0.2, 0.25) is 5.02 Å². The lowest BCUT2D eigenvalue weighted by Gasteiger charge is -2.10. The third-order valence-electron chi connectivity index (χ3n) is 2.82. The molecule has 0 aliphatic heterocycles. The molecule has 0 atom stereocenters. The van der Waals surface area contributed by atoms with E-state index in [2.05, 4.69) is 4.98 Å². The van der Waals surface area contributed by atoms with Gasteiger partial charge < -0.3 is 0 Å². The molecule has 2 aromatic rings. The molecule has 1 aromatic heterocycles. The van der Waals surface area contributed by atoms with Crippen molar-refractivity contribution in [3.05, 3.63) is 58.4 Å². The Morgan fingerprint density at radius 1 is 1.14 bits per heavy atom. The maximum atomic E-state index is 12.5. The highest BCUT2D eigenvalue weighted by molar-refractivity contribution is 6.31. The Morgan fingerprint density at radius 3 is 2.38 bits per heavy atom. The largest absolute Gasteiger partial charge is 0.433 e. The zero-order chi connectivity index (χ0) is 15.6. The molecule has 0 aliphatic carbocycles. The summed E-state index contributed by atoms with van der Waals surface area (Å²) < 4.78 is 37.6. The van der Waals surface area contributed by atoms with Crippen LogP contribution in [-0.4, -0.2) is 4.98 Å². The predicted octanol–water partition coefficient (Wildman–Crippen LogP) is 5.84. The molecule has 5 heteroatoms. The zero-order valence-electron chi connectivity index (χ0n) is 11.5. The Kier molecular flexibility index (Phi) is 4.37.